The lowest BCUT2D eigenvalue weighted by atomic mass is 9.81. The molecule has 1 aliphatic heterocycles. The molecule has 1 unspecified atom stereocenters. The molecule has 12 heavy (non-hydrogen) atoms. The van der Waals surface area contributed by atoms with Gasteiger partial charge >= 0.3 is 0 Å². The molecule has 0 aromatic rings. The fourth-order valence-electron chi connectivity index (χ4n) is 1.83. The van der Waals surface area contributed by atoms with Crippen molar-refractivity contribution in [1.82, 2.24) is 0 Å². The molecule has 1 saturated heterocycles. The monoisotopic (exact) mass is 170 g/mol. The number of hydrogen-bond acceptors (Lipinski definition) is 2. The van der Waals surface area contributed by atoms with Gasteiger partial charge in [-0.1, -0.05) is 0 Å². The molecule has 1 fully saturated rings. The van der Waals surface area contributed by atoms with E-state index in [0.29, 0.717) is 12.3 Å². The molecule has 1 aliphatic rings. The molecule has 0 aliphatic carbocycles. The van der Waals surface area contributed by atoms with Gasteiger partial charge in [-0.2, -0.15) is 0 Å². The van der Waals surface area contributed by atoms with E-state index in [1.165, 1.54) is 0 Å². The fourth-order valence-corrected chi connectivity index (χ4v) is 1.83. The quantitative estimate of drug-likeness (QED) is 0.635. The van der Waals surface area contributed by atoms with Crippen molar-refractivity contribution in [3.8, 4) is 0 Å². The molecular formula is C10H18O2. The Kier molecular flexibility index (Phi) is 2.89. The van der Waals surface area contributed by atoms with Crippen LogP contribution in [0.15, 0.2) is 0 Å². The molecule has 0 radical (unpaired) electrons. The molecule has 1 rings (SSSR count). The van der Waals surface area contributed by atoms with Crippen LogP contribution in [0.3, 0.4) is 0 Å². The summed E-state index contributed by atoms with van der Waals surface area (Å²) < 4.78 is 5.63. The topological polar surface area (TPSA) is 26.3 Å². The second-order valence-corrected chi connectivity index (χ2v) is 4.20. The lowest BCUT2D eigenvalue weighted by Crippen LogP contribution is -2.39. The minimum Gasteiger partial charge on any atom is -0.375 e. The maximum Gasteiger partial charge on any atom is 0.130 e. The van der Waals surface area contributed by atoms with Gasteiger partial charge in [-0.3, -0.25) is 0 Å². The molecule has 70 valence electrons. The van der Waals surface area contributed by atoms with E-state index in [1.807, 2.05) is 0 Å². The lowest BCUT2D eigenvalue weighted by Gasteiger charge is -2.38. The van der Waals surface area contributed by atoms with E-state index in [2.05, 4.69) is 13.8 Å². The van der Waals surface area contributed by atoms with Crippen molar-refractivity contribution in [1.29, 1.82) is 0 Å². The maximum atomic E-state index is 10.9. The van der Waals surface area contributed by atoms with Crippen LogP contribution in [0.2, 0.25) is 0 Å². The number of rotatable bonds is 2. The van der Waals surface area contributed by atoms with Crippen LogP contribution >= 0.6 is 0 Å². The van der Waals surface area contributed by atoms with Crippen LogP contribution in [0.5, 0.6) is 0 Å². The molecule has 0 amide bonds. The Labute approximate surface area is 74.3 Å². The van der Waals surface area contributed by atoms with Crippen LogP contribution < -0.4 is 0 Å². The summed E-state index contributed by atoms with van der Waals surface area (Å²) in [7, 11) is 0. The van der Waals surface area contributed by atoms with Gasteiger partial charge in [0.25, 0.3) is 0 Å². The average Bonchev–Trinajstić information content (AvgIpc) is 1.92. The molecule has 0 aromatic carbocycles. The normalized spacial score (nSPS) is 28.4. The zero-order valence-corrected chi connectivity index (χ0v) is 8.22. The van der Waals surface area contributed by atoms with Gasteiger partial charge in [-0.05, 0) is 39.5 Å². The highest BCUT2D eigenvalue weighted by Crippen LogP contribution is 2.32. The van der Waals surface area contributed by atoms with Crippen molar-refractivity contribution in [3.63, 3.8) is 0 Å². The number of Topliss-reactive ketones (excluding diaryl/α,β-unsaturated/α-hetero) is 1. The summed E-state index contributed by atoms with van der Waals surface area (Å²) in [6, 6.07) is 0. The first-order valence-corrected chi connectivity index (χ1v) is 4.66. The van der Waals surface area contributed by atoms with E-state index < -0.39 is 0 Å². The fraction of sp³-hybridized carbons (Fsp3) is 0.900. The summed E-state index contributed by atoms with van der Waals surface area (Å²) in [6.45, 7) is 6.67. The van der Waals surface area contributed by atoms with Crippen molar-refractivity contribution in [2.75, 3.05) is 6.61 Å². The summed E-state index contributed by atoms with van der Waals surface area (Å²) in [5, 5.41) is 0. The largest absolute Gasteiger partial charge is 0.375 e. The second-order valence-electron chi connectivity index (χ2n) is 4.20. The Balaban J connectivity index is 2.54. The molecule has 2 heteroatoms. The Bertz CT molecular complexity index is 173. The van der Waals surface area contributed by atoms with E-state index in [-0.39, 0.29) is 11.4 Å². The van der Waals surface area contributed by atoms with E-state index >= 15 is 0 Å². The number of carbonyl (C=O) groups excluding carboxylic acids is 1. The summed E-state index contributed by atoms with van der Waals surface area (Å²) in [5.74, 6) is 0.697. The number of ketones is 1. The van der Waals surface area contributed by atoms with Gasteiger partial charge in [-0.25, -0.2) is 0 Å². The van der Waals surface area contributed by atoms with Crippen LogP contribution in [0.25, 0.3) is 0 Å². The van der Waals surface area contributed by atoms with Gasteiger partial charge in [0.1, 0.15) is 5.78 Å². The third-order valence-corrected chi connectivity index (χ3v) is 2.69. The van der Waals surface area contributed by atoms with Crippen LogP contribution in [0.1, 0.15) is 40.0 Å². The van der Waals surface area contributed by atoms with Gasteiger partial charge in [0.05, 0.1) is 5.60 Å². The van der Waals surface area contributed by atoms with Gasteiger partial charge in [-0.15, -0.1) is 0 Å². The summed E-state index contributed by atoms with van der Waals surface area (Å²) in [6.07, 6.45) is 2.90. The van der Waals surface area contributed by atoms with Crippen LogP contribution in [0, 0.1) is 5.92 Å². The van der Waals surface area contributed by atoms with Gasteiger partial charge < -0.3 is 9.53 Å². The molecule has 0 saturated carbocycles. The molecule has 0 N–H and O–H groups in total. The third-order valence-electron chi connectivity index (χ3n) is 2.69. The lowest BCUT2D eigenvalue weighted by molar-refractivity contribution is -0.127. The third kappa shape index (κ3) is 2.31. The molecular weight excluding hydrogens is 152 g/mol. The van der Waals surface area contributed by atoms with E-state index in [0.717, 1.165) is 19.4 Å². The number of hydrogen-bond donors (Lipinski definition) is 0. The summed E-state index contributed by atoms with van der Waals surface area (Å²) >= 11 is 0. The highest BCUT2D eigenvalue weighted by Gasteiger charge is 2.33. The first-order chi connectivity index (χ1) is 5.52. The first kappa shape index (κ1) is 9.72. The van der Waals surface area contributed by atoms with Gasteiger partial charge in [0, 0.05) is 13.0 Å². The molecule has 0 aromatic heterocycles. The van der Waals surface area contributed by atoms with Gasteiger partial charge in [0.15, 0.2) is 0 Å². The number of carbonyl (C=O) groups is 1. The average molecular weight is 170 g/mol. The Morgan fingerprint density at radius 1 is 1.58 bits per heavy atom. The summed E-state index contributed by atoms with van der Waals surface area (Å²) in [5.41, 5.74) is -0.0933. The van der Waals surface area contributed by atoms with Crippen molar-refractivity contribution < 1.29 is 9.53 Å². The standard InChI is InChI=1S/C10H18O2/c1-8(11)7-9-5-4-6-12-10(9,2)3/h9H,4-7H2,1-3H3. The molecule has 0 bridgehead atoms. The van der Waals surface area contributed by atoms with Crippen LogP contribution in [-0.4, -0.2) is 18.0 Å². The molecule has 1 heterocycles. The SMILES string of the molecule is CC(=O)CC1CCCOC1(C)C. The Morgan fingerprint density at radius 3 is 2.75 bits per heavy atom. The van der Waals surface area contributed by atoms with Crippen molar-refractivity contribution in [3.05, 3.63) is 0 Å². The highest BCUT2D eigenvalue weighted by molar-refractivity contribution is 5.75. The zero-order valence-electron chi connectivity index (χ0n) is 8.22. The van der Waals surface area contributed by atoms with Gasteiger partial charge in [0.2, 0.25) is 0 Å². The minimum atomic E-state index is -0.0933. The Morgan fingerprint density at radius 2 is 2.25 bits per heavy atom. The van der Waals surface area contributed by atoms with Crippen molar-refractivity contribution >= 4 is 5.78 Å². The van der Waals surface area contributed by atoms with Crippen molar-refractivity contribution in [2.24, 2.45) is 5.92 Å². The minimum absolute atomic E-state index is 0.0933. The molecule has 2 nitrogen and oxygen atoms in total. The molecule has 1 atom stereocenters. The van der Waals surface area contributed by atoms with E-state index in [4.69, 9.17) is 4.74 Å². The molecule has 0 spiro atoms. The summed E-state index contributed by atoms with van der Waals surface area (Å²) in [4.78, 5) is 10.9. The first-order valence-electron chi connectivity index (χ1n) is 4.66. The van der Waals surface area contributed by atoms with E-state index in [9.17, 15) is 4.79 Å². The van der Waals surface area contributed by atoms with Crippen molar-refractivity contribution in [2.45, 2.75) is 45.6 Å². The van der Waals surface area contributed by atoms with Crippen LogP contribution in [0.4, 0.5) is 0 Å². The second kappa shape index (κ2) is 3.56. The predicted octanol–water partition coefficient (Wildman–Crippen LogP) is 2.17. The highest BCUT2D eigenvalue weighted by atomic mass is 16.5. The predicted molar refractivity (Wildman–Crippen MR) is 48.1 cm³/mol. The Hall–Kier alpha value is -0.370. The van der Waals surface area contributed by atoms with E-state index in [1.54, 1.807) is 6.92 Å². The maximum absolute atomic E-state index is 10.9. The number of ether oxygens (including phenoxy) is 1. The zero-order chi connectivity index (χ0) is 9.19. The smallest absolute Gasteiger partial charge is 0.130 e. The van der Waals surface area contributed by atoms with Crippen LogP contribution in [-0.2, 0) is 9.53 Å².